The van der Waals surface area contributed by atoms with E-state index in [1.165, 1.54) is 6.08 Å². The van der Waals surface area contributed by atoms with Crippen molar-refractivity contribution in [1.29, 1.82) is 0 Å². The minimum absolute atomic E-state index is 0.159. The van der Waals surface area contributed by atoms with E-state index in [9.17, 15) is 4.39 Å². The number of benzene rings is 2. The Bertz CT molecular complexity index is 1030. The first-order valence-electron chi connectivity index (χ1n) is 7.57. The van der Waals surface area contributed by atoms with Gasteiger partial charge in [0.25, 0.3) is 0 Å². The van der Waals surface area contributed by atoms with Gasteiger partial charge >= 0.3 is 0 Å². The molecule has 4 heteroatoms. The van der Waals surface area contributed by atoms with Crippen LogP contribution >= 0.6 is 15.9 Å². The van der Waals surface area contributed by atoms with Crippen molar-refractivity contribution >= 4 is 43.9 Å². The smallest absolute Gasteiger partial charge is 0.134 e. The summed E-state index contributed by atoms with van der Waals surface area (Å²) in [6, 6.07) is 17.2. The quantitative estimate of drug-likeness (QED) is 0.416. The molecule has 0 fully saturated rings. The van der Waals surface area contributed by atoms with Crippen LogP contribution in [-0.2, 0) is 6.42 Å². The number of fused-ring (bicyclic) bond motifs is 2. The minimum Gasteiger partial charge on any atom is -0.457 e. The van der Waals surface area contributed by atoms with E-state index in [0.29, 0.717) is 5.76 Å². The van der Waals surface area contributed by atoms with Crippen LogP contribution in [-0.4, -0.2) is 4.98 Å². The Morgan fingerprint density at radius 3 is 2.79 bits per heavy atom. The molecule has 2 nitrogen and oxygen atoms in total. The Balaban J connectivity index is 1.71. The number of hydrogen-bond acceptors (Lipinski definition) is 2. The molecule has 0 spiro atoms. The van der Waals surface area contributed by atoms with Crippen LogP contribution in [0.4, 0.5) is 4.39 Å². The van der Waals surface area contributed by atoms with Crippen LogP contribution in [0.25, 0.3) is 27.9 Å². The van der Waals surface area contributed by atoms with Crippen LogP contribution < -0.4 is 0 Å². The number of pyridine rings is 1. The minimum atomic E-state index is -0.270. The first-order chi connectivity index (χ1) is 11.7. The average molecular weight is 382 g/mol. The molecule has 0 N–H and O–H groups in total. The Hall–Kier alpha value is -2.46. The first kappa shape index (κ1) is 15.1. The second-order valence-corrected chi connectivity index (χ2v) is 6.41. The zero-order valence-electron chi connectivity index (χ0n) is 12.7. The number of para-hydroxylation sites is 1. The number of furan rings is 1. The van der Waals surface area contributed by atoms with Crippen molar-refractivity contribution in [3.8, 4) is 0 Å². The van der Waals surface area contributed by atoms with Gasteiger partial charge in [-0.25, -0.2) is 4.39 Å². The molecule has 2 heterocycles. The zero-order valence-corrected chi connectivity index (χ0v) is 14.3. The van der Waals surface area contributed by atoms with E-state index < -0.39 is 0 Å². The molecule has 2 aromatic carbocycles. The Kier molecular flexibility index (Phi) is 3.90. The molecule has 4 rings (SSSR count). The maximum absolute atomic E-state index is 14.6. The van der Waals surface area contributed by atoms with Crippen molar-refractivity contribution in [1.82, 2.24) is 4.98 Å². The highest BCUT2D eigenvalue weighted by molar-refractivity contribution is 9.10. The number of halogens is 2. The predicted molar refractivity (Wildman–Crippen MR) is 98.4 cm³/mol. The highest BCUT2D eigenvalue weighted by Crippen LogP contribution is 2.29. The second-order valence-electron chi connectivity index (χ2n) is 5.56. The van der Waals surface area contributed by atoms with Gasteiger partial charge in [-0.15, -0.1) is 0 Å². The van der Waals surface area contributed by atoms with Crippen LogP contribution in [0.5, 0.6) is 0 Å². The molecule has 0 aliphatic carbocycles. The fraction of sp³-hybridized carbons (Fsp3) is 0.0500. The van der Waals surface area contributed by atoms with Crippen LogP contribution in [0.3, 0.4) is 0 Å². The molecule has 24 heavy (non-hydrogen) atoms. The number of hydrogen-bond donors (Lipinski definition) is 0. The van der Waals surface area contributed by atoms with Gasteiger partial charge in [-0.05, 0) is 29.8 Å². The Morgan fingerprint density at radius 1 is 1.08 bits per heavy atom. The van der Waals surface area contributed by atoms with Gasteiger partial charge < -0.3 is 4.42 Å². The van der Waals surface area contributed by atoms with Crippen LogP contribution in [0, 0.1) is 0 Å². The van der Waals surface area contributed by atoms with Crippen molar-refractivity contribution < 1.29 is 8.81 Å². The van der Waals surface area contributed by atoms with Crippen LogP contribution in [0.1, 0.15) is 11.3 Å². The molecule has 0 bridgehead atoms. The summed E-state index contributed by atoms with van der Waals surface area (Å²) >= 11 is 3.50. The molecule has 4 aromatic rings. The summed E-state index contributed by atoms with van der Waals surface area (Å²) in [7, 11) is 0. The SMILES string of the molecule is F/C(=C\c1cc2ccccc2o1)Cc1c(Br)ccc2cccnc12. The summed E-state index contributed by atoms with van der Waals surface area (Å²) in [5, 5.41) is 1.96. The number of rotatable bonds is 3. The second kappa shape index (κ2) is 6.21. The molecule has 118 valence electrons. The summed E-state index contributed by atoms with van der Waals surface area (Å²) < 4.78 is 21.1. The summed E-state index contributed by atoms with van der Waals surface area (Å²) in [6.07, 6.45) is 3.32. The first-order valence-corrected chi connectivity index (χ1v) is 8.37. The van der Waals surface area contributed by atoms with E-state index in [2.05, 4.69) is 20.9 Å². The molecular weight excluding hydrogens is 369 g/mol. The summed E-state index contributed by atoms with van der Waals surface area (Å²) in [5.41, 5.74) is 2.39. The largest absolute Gasteiger partial charge is 0.457 e. The van der Waals surface area contributed by atoms with Crippen LogP contribution in [0.15, 0.2) is 75.5 Å². The van der Waals surface area contributed by atoms with E-state index >= 15 is 0 Å². The summed E-state index contributed by atoms with van der Waals surface area (Å²) in [5.74, 6) is 0.242. The van der Waals surface area contributed by atoms with Gasteiger partial charge in [-0.2, -0.15) is 0 Å². The number of aromatic nitrogens is 1. The molecule has 0 radical (unpaired) electrons. The van der Waals surface area contributed by atoms with Crippen molar-refractivity contribution in [3.05, 3.63) is 82.4 Å². The Morgan fingerprint density at radius 2 is 1.92 bits per heavy atom. The van der Waals surface area contributed by atoms with E-state index in [0.717, 1.165) is 31.9 Å². The standard InChI is InChI=1S/C20H13BrFNO/c21-18-8-7-13-5-3-9-23-20(13)17(18)12-15(22)11-16-10-14-4-1-2-6-19(14)24-16/h1-11H,12H2/b15-11-. The van der Waals surface area contributed by atoms with Crippen molar-refractivity contribution in [2.24, 2.45) is 0 Å². The lowest BCUT2D eigenvalue weighted by Gasteiger charge is -2.07. The lowest BCUT2D eigenvalue weighted by Crippen LogP contribution is -1.92. The molecular formula is C20H13BrFNO. The Labute approximate surface area is 146 Å². The van der Waals surface area contributed by atoms with E-state index in [1.807, 2.05) is 54.6 Å². The highest BCUT2D eigenvalue weighted by Gasteiger charge is 2.10. The van der Waals surface area contributed by atoms with Gasteiger partial charge in [-0.1, -0.05) is 46.3 Å². The number of nitrogens with zero attached hydrogens (tertiary/aromatic N) is 1. The van der Waals surface area contributed by atoms with E-state index in [-0.39, 0.29) is 12.2 Å². The highest BCUT2D eigenvalue weighted by atomic mass is 79.9. The third-order valence-electron chi connectivity index (χ3n) is 3.91. The number of allylic oxidation sites excluding steroid dienone is 1. The lowest BCUT2D eigenvalue weighted by molar-refractivity contribution is 0.588. The molecule has 0 unspecified atom stereocenters. The van der Waals surface area contributed by atoms with E-state index in [4.69, 9.17) is 4.42 Å². The molecule has 0 atom stereocenters. The summed E-state index contributed by atoms with van der Waals surface area (Å²) in [4.78, 5) is 4.39. The van der Waals surface area contributed by atoms with Gasteiger partial charge in [-0.3, -0.25) is 4.98 Å². The fourth-order valence-electron chi connectivity index (χ4n) is 2.80. The topological polar surface area (TPSA) is 26.0 Å². The van der Waals surface area contributed by atoms with Gasteiger partial charge in [0.2, 0.25) is 0 Å². The normalized spacial score (nSPS) is 12.2. The maximum atomic E-state index is 14.6. The predicted octanol–water partition coefficient (Wildman–Crippen LogP) is 6.30. The molecule has 0 amide bonds. The van der Waals surface area contributed by atoms with E-state index in [1.54, 1.807) is 6.20 Å². The third-order valence-corrected chi connectivity index (χ3v) is 4.65. The van der Waals surface area contributed by atoms with Crippen molar-refractivity contribution in [2.45, 2.75) is 6.42 Å². The molecule has 0 saturated heterocycles. The van der Waals surface area contributed by atoms with Crippen molar-refractivity contribution in [2.75, 3.05) is 0 Å². The summed E-state index contributed by atoms with van der Waals surface area (Å²) in [6.45, 7) is 0. The average Bonchev–Trinajstić information content (AvgIpc) is 2.99. The maximum Gasteiger partial charge on any atom is 0.134 e. The van der Waals surface area contributed by atoms with Crippen LogP contribution in [0.2, 0.25) is 0 Å². The van der Waals surface area contributed by atoms with Gasteiger partial charge in [0, 0.05) is 33.9 Å². The van der Waals surface area contributed by atoms with Gasteiger partial charge in [0.1, 0.15) is 17.2 Å². The molecule has 0 aliphatic heterocycles. The molecule has 0 saturated carbocycles. The zero-order chi connectivity index (χ0) is 16.5. The fourth-order valence-corrected chi connectivity index (χ4v) is 3.26. The van der Waals surface area contributed by atoms with Gasteiger partial charge in [0.15, 0.2) is 0 Å². The monoisotopic (exact) mass is 381 g/mol. The van der Waals surface area contributed by atoms with Crippen molar-refractivity contribution in [3.63, 3.8) is 0 Å². The molecule has 0 aliphatic rings. The molecule has 2 aromatic heterocycles. The lowest BCUT2D eigenvalue weighted by atomic mass is 10.1. The third kappa shape index (κ3) is 2.85. The van der Waals surface area contributed by atoms with Gasteiger partial charge in [0.05, 0.1) is 5.52 Å².